The Morgan fingerprint density at radius 2 is 1.65 bits per heavy atom. The van der Waals surface area contributed by atoms with Gasteiger partial charge in [0.2, 0.25) is 5.96 Å². The standard InChI is InChI=1S/C13H28N4/c1-10(2)15-11(14)16-17-12(3,4)8-7-9-13(17,5)6/h10H,7-9H2,1-6H3,(H3,14,15,16). The molecule has 3 N–H and O–H groups in total. The van der Waals surface area contributed by atoms with E-state index in [1.54, 1.807) is 0 Å². The summed E-state index contributed by atoms with van der Waals surface area (Å²) in [5, 5.41) is 2.27. The molecule has 0 atom stereocenters. The predicted octanol–water partition coefficient (Wildman–Crippen LogP) is 2.26. The molecular formula is C13H28N4. The first-order chi connectivity index (χ1) is 7.65. The quantitative estimate of drug-likeness (QED) is 0.575. The molecule has 0 spiro atoms. The van der Waals surface area contributed by atoms with Crippen LogP contribution in [0.4, 0.5) is 0 Å². The lowest BCUT2D eigenvalue weighted by molar-refractivity contribution is -0.0514. The maximum absolute atomic E-state index is 5.94. The number of hydrogen-bond acceptors (Lipinski definition) is 2. The molecule has 0 saturated carbocycles. The van der Waals surface area contributed by atoms with Crippen molar-refractivity contribution in [2.24, 2.45) is 10.7 Å². The third-order valence-corrected chi connectivity index (χ3v) is 3.41. The van der Waals surface area contributed by atoms with Gasteiger partial charge in [0.25, 0.3) is 0 Å². The van der Waals surface area contributed by atoms with E-state index in [1.807, 2.05) is 13.8 Å². The van der Waals surface area contributed by atoms with Crippen LogP contribution in [-0.4, -0.2) is 28.1 Å². The van der Waals surface area contributed by atoms with Crippen LogP contribution in [0.25, 0.3) is 0 Å². The number of aliphatic imine (C=N–C) groups is 1. The minimum atomic E-state index is 0.110. The van der Waals surface area contributed by atoms with Crippen LogP contribution < -0.4 is 11.2 Å². The highest BCUT2D eigenvalue weighted by Crippen LogP contribution is 2.36. The minimum absolute atomic E-state index is 0.110. The lowest BCUT2D eigenvalue weighted by atomic mass is 9.82. The number of hydrazine groups is 1. The Kier molecular flexibility index (Phi) is 4.07. The first-order valence-corrected chi connectivity index (χ1v) is 6.55. The van der Waals surface area contributed by atoms with Gasteiger partial charge in [0.1, 0.15) is 0 Å². The summed E-state index contributed by atoms with van der Waals surface area (Å²) in [6.45, 7) is 13.1. The fraction of sp³-hybridized carbons (Fsp3) is 0.923. The van der Waals surface area contributed by atoms with Gasteiger partial charge < -0.3 is 5.73 Å². The van der Waals surface area contributed by atoms with E-state index in [4.69, 9.17) is 5.73 Å². The summed E-state index contributed by atoms with van der Waals surface area (Å²) in [5.74, 6) is 0.517. The van der Waals surface area contributed by atoms with Crippen molar-refractivity contribution in [2.45, 2.75) is 77.9 Å². The summed E-state index contributed by atoms with van der Waals surface area (Å²) in [5.41, 5.74) is 9.46. The molecule has 17 heavy (non-hydrogen) atoms. The molecule has 0 amide bonds. The second-order valence-electron chi connectivity index (χ2n) is 6.53. The predicted molar refractivity (Wildman–Crippen MR) is 73.7 cm³/mol. The van der Waals surface area contributed by atoms with Crippen molar-refractivity contribution in [2.75, 3.05) is 0 Å². The van der Waals surface area contributed by atoms with Crippen LogP contribution in [0.15, 0.2) is 4.99 Å². The zero-order valence-electron chi connectivity index (χ0n) is 12.2. The third-order valence-electron chi connectivity index (χ3n) is 3.41. The zero-order chi connectivity index (χ0) is 13.3. The number of nitrogens with two attached hydrogens (primary N) is 1. The average molecular weight is 240 g/mol. The minimum Gasteiger partial charge on any atom is -0.369 e. The van der Waals surface area contributed by atoms with Gasteiger partial charge in [-0.3, -0.25) is 5.43 Å². The van der Waals surface area contributed by atoms with Gasteiger partial charge in [-0.15, -0.1) is 0 Å². The fourth-order valence-corrected chi connectivity index (χ4v) is 2.72. The van der Waals surface area contributed by atoms with E-state index in [9.17, 15) is 0 Å². The molecule has 4 heteroatoms. The zero-order valence-corrected chi connectivity index (χ0v) is 12.2. The highest BCUT2D eigenvalue weighted by Gasteiger charge is 2.41. The summed E-state index contributed by atoms with van der Waals surface area (Å²) in [6.07, 6.45) is 3.62. The summed E-state index contributed by atoms with van der Waals surface area (Å²) >= 11 is 0. The molecule has 4 nitrogen and oxygen atoms in total. The van der Waals surface area contributed by atoms with Gasteiger partial charge in [-0.25, -0.2) is 10.0 Å². The molecule has 0 radical (unpaired) electrons. The molecule has 0 bridgehead atoms. The SMILES string of the molecule is CC(C)N=C(N)NN1C(C)(C)CCCC1(C)C. The van der Waals surface area contributed by atoms with Gasteiger partial charge in [-0.2, -0.15) is 0 Å². The normalized spacial score (nSPS) is 25.0. The molecular weight excluding hydrogens is 212 g/mol. The van der Waals surface area contributed by atoms with Gasteiger partial charge in [0, 0.05) is 17.1 Å². The summed E-state index contributed by atoms with van der Waals surface area (Å²) in [7, 11) is 0. The van der Waals surface area contributed by atoms with Crippen molar-refractivity contribution in [3.05, 3.63) is 0 Å². The number of rotatable bonds is 2. The van der Waals surface area contributed by atoms with Gasteiger partial charge in [0.15, 0.2) is 0 Å². The largest absolute Gasteiger partial charge is 0.369 e. The van der Waals surface area contributed by atoms with Crippen LogP contribution in [0.1, 0.15) is 60.8 Å². The van der Waals surface area contributed by atoms with Crippen LogP contribution in [0.5, 0.6) is 0 Å². The van der Waals surface area contributed by atoms with Crippen molar-refractivity contribution >= 4 is 5.96 Å². The summed E-state index contributed by atoms with van der Waals surface area (Å²) in [4.78, 5) is 4.34. The van der Waals surface area contributed by atoms with E-state index in [-0.39, 0.29) is 17.1 Å². The molecule has 1 fully saturated rings. The summed E-state index contributed by atoms with van der Waals surface area (Å²) in [6, 6.07) is 0.221. The van der Waals surface area contributed by atoms with Crippen molar-refractivity contribution in [1.29, 1.82) is 0 Å². The third kappa shape index (κ3) is 3.60. The van der Waals surface area contributed by atoms with E-state index in [0.717, 1.165) is 0 Å². The maximum Gasteiger partial charge on any atom is 0.203 e. The molecule has 1 aliphatic heterocycles. The van der Waals surface area contributed by atoms with E-state index in [1.165, 1.54) is 19.3 Å². The van der Waals surface area contributed by atoms with Crippen LogP contribution >= 0.6 is 0 Å². The molecule has 1 rings (SSSR count). The Hall–Kier alpha value is -0.770. The Labute approximate surface area is 106 Å². The Morgan fingerprint density at radius 3 is 2.06 bits per heavy atom. The van der Waals surface area contributed by atoms with Gasteiger partial charge in [0.05, 0.1) is 0 Å². The molecule has 0 unspecified atom stereocenters. The number of nitrogens with one attached hydrogen (secondary N) is 1. The average Bonchev–Trinajstić information content (AvgIpc) is 2.09. The molecule has 100 valence electrons. The highest BCUT2D eigenvalue weighted by molar-refractivity contribution is 5.77. The fourth-order valence-electron chi connectivity index (χ4n) is 2.72. The Morgan fingerprint density at radius 1 is 1.18 bits per heavy atom. The van der Waals surface area contributed by atoms with Gasteiger partial charge >= 0.3 is 0 Å². The highest BCUT2D eigenvalue weighted by atomic mass is 15.6. The molecule has 1 heterocycles. The molecule has 0 aliphatic carbocycles. The topological polar surface area (TPSA) is 53.6 Å². The van der Waals surface area contributed by atoms with E-state index < -0.39 is 0 Å². The van der Waals surface area contributed by atoms with Crippen LogP contribution in [0.3, 0.4) is 0 Å². The summed E-state index contributed by atoms with van der Waals surface area (Å²) < 4.78 is 0. The Balaban J connectivity index is 2.84. The number of piperidine rings is 1. The number of nitrogens with zero attached hydrogens (tertiary/aromatic N) is 2. The molecule has 0 aromatic rings. The maximum atomic E-state index is 5.94. The lowest BCUT2D eigenvalue weighted by Crippen LogP contribution is -2.66. The molecule has 1 aliphatic rings. The first-order valence-electron chi connectivity index (χ1n) is 6.55. The Bertz CT molecular complexity index is 276. The van der Waals surface area contributed by atoms with Crippen molar-refractivity contribution in [1.82, 2.24) is 10.4 Å². The lowest BCUT2D eigenvalue weighted by Gasteiger charge is -2.52. The second-order valence-corrected chi connectivity index (χ2v) is 6.53. The van der Waals surface area contributed by atoms with Gasteiger partial charge in [-0.05, 0) is 60.8 Å². The van der Waals surface area contributed by atoms with Crippen LogP contribution in [0, 0.1) is 0 Å². The van der Waals surface area contributed by atoms with Crippen LogP contribution in [0.2, 0.25) is 0 Å². The first kappa shape index (κ1) is 14.3. The van der Waals surface area contributed by atoms with E-state index in [2.05, 4.69) is 43.1 Å². The van der Waals surface area contributed by atoms with E-state index >= 15 is 0 Å². The van der Waals surface area contributed by atoms with E-state index in [0.29, 0.717) is 5.96 Å². The number of hydrogen-bond donors (Lipinski definition) is 2. The van der Waals surface area contributed by atoms with Crippen molar-refractivity contribution < 1.29 is 0 Å². The van der Waals surface area contributed by atoms with Crippen LogP contribution in [-0.2, 0) is 0 Å². The molecule has 1 saturated heterocycles. The molecule has 0 aromatic heterocycles. The van der Waals surface area contributed by atoms with Crippen molar-refractivity contribution in [3.8, 4) is 0 Å². The molecule has 0 aromatic carbocycles. The smallest absolute Gasteiger partial charge is 0.203 e. The second kappa shape index (κ2) is 4.84. The van der Waals surface area contributed by atoms with Gasteiger partial charge in [-0.1, -0.05) is 0 Å². The number of guanidine groups is 1. The monoisotopic (exact) mass is 240 g/mol. The van der Waals surface area contributed by atoms with Crippen molar-refractivity contribution in [3.63, 3.8) is 0 Å².